The van der Waals surface area contributed by atoms with Crippen LogP contribution in [0.2, 0.25) is 5.02 Å². The Morgan fingerprint density at radius 1 is 1.30 bits per heavy atom. The Kier molecular flexibility index (Phi) is 2.75. The van der Waals surface area contributed by atoms with E-state index in [1.165, 1.54) is 13.0 Å². The molecule has 20 heavy (non-hydrogen) atoms. The summed E-state index contributed by atoms with van der Waals surface area (Å²) in [6, 6.07) is 5.96. The third kappa shape index (κ3) is 2.00. The molecule has 4 nitrogen and oxygen atoms in total. The molecule has 2 saturated heterocycles. The molecule has 2 bridgehead atoms. The number of rotatable bonds is 2. The number of nitrogens with one attached hydrogen (secondary N) is 1. The Morgan fingerprint density at radius 2 is 2.20 bits per heavy atom. The van der Waals surface area contributed by atoms with Crippen molar-refractivity contribution in [2.45, 2.75) is 12.5 Å². The molecule has 5 heteroatoms. The zero-order valence-electron chi connectivity index (χ0n) is 11.1. The summed E-state index contributed by atoms with van der Waals surface area (Å²) in [5.41, 5.74) is 1.68. The van der Waals surface area contributed by atoms with Crippen LogP contribution in [0.15, 0.2) is 30.6 Å². The van der Waals surface area contributed by atoms with E-state index in [4.69, 9.17) is 11.6 Å². The molecule has 2 aromatic heterocycles. The molecule has 0 aromatic carbocycles. The summed E-state index contributed by atoms with van der Waals surface area (Å²) < 4.78 is 1.89. The topological polar surface area (TPSA) is 36.8 Å². The highest BCUT2D eigenvalue weighted by atomic mass is 35.5. The van der Waals surface area contributed by atoms with Crippen LogP contribution in [0.4, 0.5) is 0 Å². The fraction of sp³-hybridized carbons (Fsp3) is 0.400. The fourth-order valence-corrected chi connectivity index (χ4v) is 3.63. The molecule has 0 saturated carbocycles. The van der Waals surface area contributed by atoms with Gasteiger partial charge in [-0.05, 0) is 37.1 Å². The van der Waals surface area contributed by atoms with Crippen LogP contribution in [0.25, 0.3) is 5.52 Å². The number of hydrogen-bond acceptors (Lipinski definition) is 2. The number of halogens is 1. The van der Waals surface area contributed by atoms with Crippen molar-refractivity contribution >= 4 is 23.0 Å². The van der Waals surface area contributed by atoms with Crippen LogP contribution in [0, 0.1) is 5.92 Å². The molecular formula is C15H16ClN3O. The average molecular weight is 290 g/mol. The van der Waals surface area contributed by atoms with E-state index in [0.717, 1.165) is 18.6 Å². The predicted molar refractivity (Wildman–Crippen MR) is 78.2 cm³/mol. The van der Waals surface area contributed by atoms with Crippen molar-refractivity contribution in [2.24, 2.45) is 5.92 Å². The van der Waals surface area contributed by atoms with Gasteiger partial charge in [-0.1, -0.05) is 11.6 Å². The van der Waals surface area contributed by atoms with Crippen LogP contribution in [0.3, 0.4) is 0 Å². The molecule has 2 aliphatic rings. The molecule has 104 valence electrons. The molecule has 0 spiro atoms. The van der Waals surface area contributed by atoms with E-state index in [0.29, 0.717) is 22.5 Å². The third-order valence-electron chi connectivity index (χ3n) is 4.47. The highest BCUT2D eigenvalue weighted by Gasteiger charge is 2.38. The van der Waals surface area contributed by atoms with Crippen molar-refractivity contribution in [2.75, 3.05) is 19.6 Å². The van der Waals surface area contributed by atoms with Gasteiger partial charge in [-0.2, -0.15) is 0 Å². The first kappa shape index (κ1) is 12.2. The van der Waals surface area contributed by atoms with Crippen LogP contribution in [0.1, 0.15) is 16.8 Å². The number of amides is 1. The second kappa shape index (κ2) is 4.50. The maximum atomic E-state index is 12.4. The number of aromatic nitrogens is 1. The first-order valence-electron chi connectivity index (χ1n) is 6.99. The summed E-state index contributed by atoms with van der Waals surface area (Å²) in [7, 11) is 0. The molecule has 2 aromatic rings. The summed E-state index contributed by atoms with van der Waals surface area (Å²) >= 11 is 5.97. The van der Waals surface area contributed by atoms with Crippen LogP contribution in [0.5, 0.6) is 0 Å². The summed E-state index contributed by atoms with van der Waals surface area (Å²) in [6.45, 7) is 3.32. The van der Waals surface area contributed by atoms with Gasteiger partial charge >= 0.3 is 0 Å². The number of nitrogens with zero attached hydrogens (tertiary/aromatic N) is 2. The lowest BCUT2D eigenvalue weighted by Gasteiger charge is -2.23. The summed E-state index contributed by atoms with van der Waals surface area (Å²) in [5.74, 6) is 0.638. The van der Waals surface area contributed by atoms with Crippen LogP contribution >= 0.6 is 11.6 Å². The van der Waals surface area contributed by atoms with E-state index in [2.05, 4.69) is 10.2 Å². The van der Waals surface area contributed by atoms with Crippen molar-refractivity contribution in [1.82, 2.24) is 14.6 Å². The number of pyridine rings is 1. The number of carbonyl (C=O) groups is 1. The molecule has 2 fully saturated rings. The lowest BCUT2D eigenvalue weighted by Crippen LogP contribution is -2.43. The van der Waals surface area contributed by atoms with Crippen molar-refractivity contribution in [1.29, 1.82) is 0 Å². The molecule has 2 aliphatic heterocycles. The minimum Gasteiger partial charge on any atom is -0.348 e. The molecule has 2 unspecified atom stereocenters. The van der Waals surface area contributed by atoms with Crippen LogP contribution in [-0.2, 0) is 0 Å². The van der Waals surface area contributed by atoms with Gasteiger partial charge in [0, 0.05) is 37.0 Å². The highest BCUT2D eigenvalue weighted by molar-refractivity contribution is 6.31. The number of hydrogen-bond donors (Lipinski definition) is 1. The molecule has 4 rings (SSSR count). The van der Waals surface area contributed by atoms with E-state index in [1.54, 1.807) is 0 Å². The summed E-state index contributed by atoms with van der Waals surface area (Å²) in [6.07, 6.45) is 4.86. The van der Waals surface area contributed by atoms with Gasteiger partial charge in [-0.3, -0.25) is 4.79 Å². The fourth-order valence-electron chi connectivity index (χ4n) is 3.41. The standard InChI is InChI=1S/C15H16ClN3O/c16-12-5-13-2-1-11(7-19(13)8-12)15(20)17-14-9-18-4-3-10(14)6-18/h1-2,5,7-8,10,14H,3-4,6,9H2,(H,17,20)/t10-,14?/m0/s1. The second-order valence-corrected chi connectivity index (χ2v) is 6.23. The third-order valence-corrected chi connectivity index (χ3v) is 4.68. The van der Waals surface area contributed by atoms with Gasteiger partial charge in [-0.15, -0.1) is 0 Å². The van der Waals surface area contributed by atoms with Gasteiger partial charge in [0.05, 0.1) is 10.6 Å². The highest BCUT2D eigenvalue weighted by Crippen LogP contribution is 2.28. The van der Waals surface area contributed by atoms with Gasteiger partial charge in [0.15, 0.2) is 0 Å². The molecule has 1 amide bonds. The summed E-state index contributed by atoms with van der Waals surface area (Å²) in [5, 5.41) is 3.85. The normalized spacial score (nSPS) is 28.1. The van der Waals surface area contributed by atoms with Crippen LogP contribution in [-0.4, -0.2) is 40.9 Å². The molecule has 3 atom stereocenters. The molecule has 0 aliphatic carbocycles. The number of fused-ring (bicyclic) bond motifs is 3. The van der Waals surface area contributed by atoms with E-state index in [-0.39, 0.29) is 5.91 Å². The molecular weight excluding hydrogens is 274 g/mol. The Bertz CT molecular complexity index is 681. The first-order chi connectivity index (χ1) is 9.69. The van der Waals surface area contributed by atoms with E-state index < -0.39 is 0 Å². The van der Waals surface area contributed by atoms with E-state index in [9.17, 15) is 4.79 Å². The predicted octanol–water partition coefficient (Wildman–Crippen LogP) is 2.03. The van der Waals surface area contributed by atoms with Gasteiger partial charge in [0.25, 0.3) is 5.91 Å². The zero-order valence-corrected chi connectivity index (χ0v) is 11.8. The molecule has 1 N–H and O–H groups in total. The Balaban J connectivity index is 1.54. The SMILES string of the molecule is O=C(NC1CN2CC[C@H]1C2)c1ccc2cc(Cl)cn2c1. The lowest BCUT2D eigenvalue weighted by atomic mass is 10.00. The smallest absolute Gasteiger partial charge is 0.253 e. The second-order valence-electron chi connectivity index (χ2n) is 5.80. The van der Waals surface area contributed by atoms with Gasteiger partial charge in [-0.25, -0.2) is 0 Å². The maximum absolute atomic E-state index is 12.4. The lowest BCUT2D eigenvalue weighted by molar-refractivity contribution is 0.0924. The number of piperidine rings is 1. The van der Waals surface area contributed by atoms with Gasteiger partial charge < -0.3 is 14.6 Å². The van der Waals surface area contributed by atoms with Crippen molar-refractivity contribution in [3.8, 4) is 0 Å². The average Bonchev–Trinajstić information content (AvgIpc) is 3.10. The Hall–Kier alpha value is -1.52. The van der Waals surface area contributed by atoms with E-state index in [1.807, 2.05) is 35.0 Å². The Morgan fingerprint density at radius 3 is 2.95 bits per heavy atom. The minimum atomic E-state index is 0.00970. The maximum Gasteiger partial charge on any atom is 0.253 e. The zero-order chi connectivity index (χ0) is 13.7. The van der Waals surface area contributed by atoms with Gasteiger partial charge in [0.2, 0.25) is 0 Å². The largest absolute Gasteiger partial charge is 0.348 e. The Labute approximate surface area is 122 Å². The monoisotopic (exact) mass is 289 g/mol. The van der Waals surface area contributed by atoms with E-state index >= 15 is 0 Å². The van der Waals surface area contributed by atoms with Crippen molar-refractivity contribution in [3.05, 3.63) is 41.2 Å². The minimum absolute atomic E-state index is 0.00970. The quantitative estimate of drug-likeness (QED) is 0.918. The van der Waals surface area contributed by atoms with Crippen LogP contribution < -0.4 is 5.32 Å². The van der Waals surface area contributed by atoms with Gasteiger partial charge in [0.1, 0.15) is 0 Å². The first-order valence-corrected chi connectivity index (χ1v) is 7.37. The van der Waals surface area contributed by atoms with Crippen molar-refractivity contribution < 1.29 is 4.79 Å². The number of carbonyl (C=O) groups excluding carboxylic acids is 1. The summed E-state index contributed by atoms with van der Waals surface area (Å²) in [4.78, 5) is 14.8. The molecule has 4 heterocycles. The van der Waals surface area contributed by atoms with Crippen molar-refractivity contribution in [3.63, 3.8) is 0 Å². The molecule has 0 radical (unpaired) electrons.